The Hall–Kier alpha value is -5.50. The minimum atomic E-state index is -1.45. The molecule has 2 N–H and O–H groups in total. The fourth-order valence-electron chi connectivity index (χ4n) is 8.81. The van der Waals surface area contributed by atoms with Crippen LogP contribution in [0.3, 0.4) is 0 Å². The largest absolute Gasteiger partial charge is 0.459 e. The van der Waals surface area contributed by atoms with Crippen LogP contribution < -0.4 is 9.47 Å². The number of likely N-dealkylation sites (N-methyl/N-ethyl adjacent to an activating group) is 1. The maximum absolute atomic E-state index is 13.9. The molecule has 0 aromatic heterocycles. The molecule has 0 bridgehead atoms. The second-order valence-electron chi connectivity index (χ2n) is 15.2. The lowest BCUT2D eigenvalue weighted by Crippen LogP contribution is -2.69. The van der Waals surface area contributed by atoms with E-state index in [4.69, 9.17) is 28.9 Å². The van der Waals surface area contributed by atoms with E-state index >= 15 is 0 Å². The van der Waals surface area contributed by atoms with Crippen molar-refractivity contribution >= 4 is 17.5 Å². The van der Waals surface area contributed by atoms with E-state index in [-0.39, 0.29) is 62.9 Å². The predicted molar refractivity (Wildman–Crippen MR) is 223 cm³/mol. The number of nitro groups is 1. The predicted octanol–water partition coefficient (Wildman–Crippen LogP) is 8.87. The molecule has 3 aliphatic rings. The van der Waals surface area contributed by atoms with Crippen LogP contribution in [0, 0.1) is 27.9 Å². The summed E-state index contributed by atoms with van der Waals surface area (Å²) in [6.07, 6.45) is 10.1. The van der Waals surface area contributed by atoms with Crippen molar-refractivity contribution in [2.75, 3.05) is 33.5 Å². The van der Waals surface area contributed by atoms with Gasteiger partial charge in [0.25, 0.3) is 5.69 Å². The normalized spacial score (nSPS) is 23.5. The summed E-state index contributed by atoms with van der Waals surface area (Å²) in [6.45, 7) is 8.35. The number of unbranched alkanes of at least 4 members (excludes halogenated alkanes) is 2. The van der Waals surface area contributed by atoms with Gasteiger partial charge in [0.1, 0.15) is 29.9 Å². The number of hydrogen-bond donors (Lipinski definition) is 2. The molecule has 1 aliphatic heterocycles. The molecular formula is C46H55N3O10. The molecule has 0 saturated heterocycles. The lowest BCUT2D eigenvalue weighted by Gasteiger charge is -2.59. The van der Waals surface area contributed by atoms with Crippen molar-refractivity contribution in [3.8, 4) is 17.2 Å². The number of aliphatic hydroxyl groups excluding tert-OH is 2. The lowest BCUT2D eigenvalue weighted by atomic mass is 9.55. The summed E-state index contributed by atoms with van der Waals surface area (Å²) in [5.74, 6) is -0.932. The Morgan fingerprint density at radius 1 is 1.00 bits per heavy atom. The number of non-ortho nitro benzene ring substituents is 1. The van der Waals surface area contributed by atoms with Gasteiger partial charge < -0.3 is 38.9 Å². The lowest BCUT2D eigenvalue weighted by molar-refractivity contribution is -0.384. The maximum Gasteiger partial charge on any atom is 0.409 e. The number of nitro benzene ring substituents is 1. The number of carbonyl (C=O) groups excluding carboxylic acids is 1. The molecule has 0 radical (unpaired) electrons. The first kappa shape index (κ1) is 43.1. The molecule has 1 heterocycles. The van der Waals surface area contributed by atoms with E-state index in [2.05, 4.69) is 19.2 Å². The number of rotatable bonds is 21. The zero-order valence-electron chi connectivity index (χ0n) is 33.7. The van der Waals surface area contributed by atoms with Crippen LogP contribution in [0.1, 0.15) is 68.4 Å². The molecule has 1 amide bonds. The van der Waals surface area contributed by atoms with Gasteiger partial charge in [0, 0.05) is 44.2 Å². The number of hydrogen-bond acceptors (Lipinski definition) is 11. The van der Waals surface area contributed by atoms with Gasteiger partial charge in [0.05, 0.1) is 35.8 Å². The minimum absolute atomic E-state index is 0.00787. The third-order valence-electron chi connectivity index (χ3n) is 11.5. The molecule has 3 aromatic carbocycles. The fraction of sp³-hybridized carbons (Fsp3) is 0.435. The summed E-state index contributed by atoms with van der Waals surface area (Å²) >= 11 is 0. The standard InChI is InChI=1S/C46H55N3O10/c1-4-6-26-55-45(52)48(3)42-30-40(47-57-31-32-15-8-7-9-16-32)38-27-33(17-10-12-23-50)37(20-11-13-24-51)43-39-29-36(58-35-19-14-18-34(28-35)49(53)54)21-22-41(39)59-46(42,44(38)43)56-25-5-2/h4-5,7-9,14-16,18-19,21-22,27-29,33,37,42-44,50-51H,1-2,6,10-13,17,20,23-26,30-31H2,3H3. The number of aliphatic hydroxyl groups is 2. The average molecular weight is 810 g/mol. The van der Waals surface area contributed by atoms with Gasteiger partial charge in [0.2, 0.25) is 5.79 Å². The molecule has 314 valence electrons. The summed E-state index contributed by atoms with van der Waals surface area (Å²) in [5, 5.41) is 36.2. The third-order valence-corrected chi connectivity index (χ3v) is 11.5. The summed E-state index contributed by atoms with van der Waals surface area (Å²) in [4.78, 5) is 32.7. The van der Waals surface area contributed by atoms with Gasteiger partial charge in [-0.05, 0) is 79.3 Å². The van der Waals surface area contributed by atoms with Gasteiger partial charge in [0.15, 0.2) is 0 Å². The second kappa shape index (κ2) is 20.5. The maximum atomic E-state index is 13.9. The average Bonchev–Trinajstić information content (AvgIpc) is 3.24. The Kier molecular flexibility index (Phi) is 14.9. The van der Waals surface area contributed by atoms with Crippen LogP contribution >= 0.6 is 0 Å². The van der Waals surface area contributed by atoms with Crippen LogP contribution in [-0.2, 0) is 20.9 Å². The van der Waals surface area contributed by atoms with Crippen molar-refractivity contribution in [1.29, 1.82) is 0 Å². The highest BCUT2D eigenvalue weighted by atomic mass is 16.7. The van der Waals surface area contributed by atoms with Crippen molar-refractivity contribution < 1.29 is 43.7 Å². The van der Waals surface area contributed by atoms with E-state index in [1.165, 1.54) is 17.0 Å². The molecule has 13 nitrogen and oxygen atoms in total. The molecule has 6 atom stereocenters. The van der Waals surface area contributed by atoms with E-state index in [0.29, 0.717) is 42.2 Å². The van der Waals surface area contributed by atoms with Crippen molar-refractivity contribution in [3.63, 3.8) is 0 Å². The molecule has 2 aliphatic carbocycles. The Morgan fingerprint density at radius 3 is 2.49 bits per heavy atom. The Morgan fingerprint density at radius 2 is 1.76 bits per heavy atom. The Labute approximate surface area is 345 Å². The monoisotopic (exact) mass is 809 g/mol. The van der Waals surface area contributed by atoms with Gasteiger partial charge in [-0.1, -0.05) is 72.6 Å². The number of amides is 1. The van der Waals surface area contributed by atoms with Crippen molar-refractivity contribution in [2.24, 2.45) is 22.9 Å². The molecule has 59 heavy (non-hydrogen) atoms. The molecule has 13 heteroatoms. The van der Waals surface area contributed by atoms with Crippen molar-refractivity contribution in [3.05, 3.63) is 131 Å². The number of carbonyl (C=O) groups is 1. The molecule has 0 spiro atoms. The summed E-state index contributed by atoms with van der Waals surface area (Å²) in [6, 6.07) is 20.6. The number of nitrogens with zero attached hydrogens (tertiary/aromatic N) is 3. The van der Waals surface area contributed by atoms with Gasteiger partial charge in [-0.3, -0.25) is 10.1 Å². The SMILES string of the molecule is C=CCCOC(=O)N(C)C1CC(=NOCc2ccccc2)C2=CC(CCCCO)C(CCCCO)C3c4cc(Oc5cccc([N+](=O)[O-])c5)ccc4OC1(OCC=C)C23. The first-order chi connectivity index (χ1) is 28.7. The number of ether oxygens (including phenoxy) is 4. The first-order valence-electron chi connectivity index (χ1n) is 20.4. The van der Waals surface area contributed by atoms with E-state index in [0.717, 1.165) is 42.4 Å². The number of benzene rings is 3. The molecule has 6 rings (SSSR count). The van der Waals surface area contributed by atoms with Crippen LogP contribution in [0.2, 0.25) is 0 Å². The quantitative estimate of drug-likeness (QED) is 0.0460. The van der Waals surface area contributed by atoms with Crippen molar-refractivity contribution in [1.82, 2.24) is 4.90 Å². The van der Waals surface area contributed by atoms with Crippen molar-refractivity contribution in [2.45, 2.75) is 75.7 Å². The zero-order valence-corrected chi connectivity index (χ0v) is 33.7. The van der Waals surface area contributed by atoms with Crippen LogP contribution in [-0.4, -0.2) is 77.1 Å². The van der Waals surface area contributed by atoms with E-state index in [9.17, 15) is 25.1 Å². The Balaban J connectivity index is 1.54. The van der Waals surface area contributed by atoms with Gasteiger partial charge in [-0.25, -0.2) is 4.79 Å². The molecule has 6 unspecified atom stereocenters. The van der Waals surface area contributed by atoms with Gasteiger partial charge in [-0.2, -0.15) is 0 Å². The molecule has 1 saturated carbocycles. The number of allylic oxidation sites excluding steroid dienone is 1. The van der Waals surface area contributed by atoms with E-state index in [1.807, 2.05) is 42.5 Å². The highest BCUT2D eigenvalue weighted by Crippen LogP contribution is 2.62. The third kappa shape index (κ3) is 9.86. The Bertz CT molecular complexity index is 1990. The summed E-state index contributed by atoms with van der Waals surface area (Å²) in [5.41, 5.74) is 3.25. The van der Waals surface area contributed by atoms with Gasteiger partial charge >= 0.3 is 6.09 Å². The number of oxime groups is 1. The summed E-state index contributed by atoms with van der Waals surface area (Å²) < 4.78 is 26.1. The highest BCUT2D eigenvalue weighted by molar-refractivity contribution is 6.03. The first-order valence-corrected chi connectivity index (χ1v) is 20.4. The smallest absolute Gasteiger partial charge is 0.409 e. The van der Waals surface area contributed by atoms with Crippen LogP contribution in [0.4, 0.5) is 10.5 Å². The second-order valence-corrected chi connectivity index (χ2v) is 15.2. The molecule has 1 fully saturated rings. The van der Waals surface area contributed by atoms with Crippen LogP contribution in [0.5, 0.6) is 17.2 Å². The fourth-order valence-corrected chi connectivity index (χ4v) is 8.81. The van der Waals surface area contributed by atoms with E-state index in [1.54, 1.807) is 37.4 Å². The highest BCUT2D eigenvalue weighted by Gasteiger charge is 2.65. The zero-order chi connectivity index (χ0) is 41.8. The summed E-state index contributed by atoms with van der Waals surface area (Å²) in [7, 11) is 1.68. The molecular weight excluding hydrogens is 755 g/mol. The molecule has 3 aromatic rings. The van der Waals surface area contributed by atoms with Gasteiger partial charge in [-0.15, -0.1) is 13.2 Å². The minimum Gasteiger partial charge on any atom is -0.459 e. The number of fused-ring (bicyclic) bond motifs is 2. The van der Waals surface area contributed by atoms with Crippen LogP contribution in [0.25, 0.3) is 0 Å². The van der Waals surface area contributed by atoms with E-state index < -0.39 is 28.8 Å². The topological polar surface area (TPSA) is 162 Å². The van der Waals surface area contributed by atoms with Crippen LogP contribution in [0.15, 0.2) is 115 Å².